The summed E-state index contributed by atoms with van der Waals surface area (Å²) in [6.07, 6.45) is 3.12. The number of carbonyl (C=O) groups is 1. The normalized spacial score (nSPS) is 13.8. The molecule has 1 aliphatic carbocycles. The van der Waals surface area contributed by atoms with Gasteiger partial charge in [-0.2, -0.15) is 0 Å². The summed E-state index contributed by atoms with van der Waals surface area (Å²) in [6, 6.07) is 36.1. The molecule has 47 heavy (non-hydrogen) atoms. The monoisotopic (exact) mass is 641 g/mol. The fraction of sp³-hybridized carbons (Fsp3) is 0.293. The minimum absolute atomic E-state index is 0.0254. The molecule has 1 saturated carbocycles. The first-order valence-corrected chi connectivity index (χ1v) is 18.6. The third-order valence-corrected chi connectivity index (χ3v) is 14.8. The Hall–Kier alpha value is -4.39. The van der Waals surface area contributed by atoms with Gasteiger partial charge in [-0.15, -0.1) is 0 Å². The van der Waals surface area contributed by atoms with Crippen molar-refractivity contribution in [2.75, 3.05) is 13.7 Å². The number of fused-ring (bicyclic) bond motifs is 2. The van der Waals surface area contributed by atoms with Gasteiger partial charge in [-0.1, -0.05) is 99.6 Å². The lowest BCUT2D eigenvalue weighted by molar-refractivity contribution is 0.101. The Balaban J connectivity index is 1.39. The summed E-state index contributed by atoms with van der Waals surface area (Å²) in [5, 5.41) is 4.46. The second-order valence-corrected chi connectivity index (χ2v) is 18.2. The summed E-state index contributed by atoms with van der Waals surface area (Å²) < 4.78 is 22.6. The summed E-state index contributed by atoms with van der Waals surface area (Å²) in [7, 11) is -1.09. The van der Waals surface area contributed by atoms with Crippen molar-refractivity contribution in [3.8, 4) is 17.2 Å². The maximum absolute atomic E-state index is 12.5. The van der Waals surface area contributed by atoms with E-state index in [0.717, 1.165) is 28.9 Å². The molecule has 1 fully saturated rings. The van der Waals surface area contributed by atoms with Gasteiger partial charge >= 0.3 is 0 Å². The molecule has 0 spiro atoms. The van der Waals surface area contributed by atoms with Crippen molar-refractivity contribution in [2.24, 2.45) is 5.92 Å². The highest BCUT2D eigenvalue weighted by atomic mass is 28.4. The van der Waals surface area contributed by atoms with E-state index in [9.17, 15) is 4.79 Å². The Bertz CT molecular complexity index is 2010. The van der Waals surface area contributed by atoms with E-state index in [-0.39, 0.29) is 10.8 Å². The number of furan rings is 1. The fourth-order valence-electron chi connectivity index (χ4n) is 7.28. The van der Waals surface area contributed by atoms with Crippen LogP contribution in [0.15, 0.2) is 108 Å². The Morgan fingerprint density at radius 3 is 2.13 bits per heavy atom. The second-order valence-electron chi connectivity index (χ2n) is 13.9. The van der Waals surface area contributed by atoms with Crippen LogP contribution in [0, 0.1) is 5.92 Å². The van der Waals surface area contributed by atoms with Gasteiger partial charge < -0.3 is 18.1 Å². The topological polar surface area (TPSA) is 53.6 Å². The van der Waals surface area contributed by atoms with Crippen molar-refractivity contribution >= 4 is 46.3 Å². The van der Waals surface area contributed by atoms with Gasteiger partial charge in [-0.3, -0.25) is 4.79 Å². The zero-order valence-electron chi connectivity index (χ0n) is 28.0. The molecule has 0 aliphatic heterocycles. The third kappa shape index (κ3) is 5.64. The van der Waals surface area contributed by atoms with Crippen molar-refractivity contribution in [2.45, 2.75) is 58.5 Å². The number of aromatic nitrogens is 1. The number of nitrogens with zero attached hydrogens (tertiary/aromatic N) is 1. The molecule has 0 unspecified atom stereocenters. The predicted octanol–water partition coefficient (Wildman–Crippen LogP) is 8.79. The number of rotatable bonds is 11. The smallest absolute Gasteiger partial charge is 0.261 e. The largest absolute Gasteiger partial charge is 0.496 e. The molecule has 2 heterocycles. The Labute approximate surface area is 278 Å². The molecule has 4 aromatic carbocycles. The highest BCUT2D eigenvalue weighted by Gasteiger charge is 2.50. The fourth-order valence-corrected chi connectivity index (χ4v) is 11.8. The molecular formula is C41H43NO4Si. The lowest BCUT2D eigenvalue weighted by atomic mass is 10.0. The highest BCUT2D eigenvalue weighted by Crippen LogP contribution is 2.44. The summed E-state index contributed by atoms with van der Waals surface area (Å²) in [6.45, 7) is 9.95. The molecular weight excluding hydrogens is 599 g/mol. The molecule has 0 N–H and O–H groups in total. The van der Waals surface area contributed by atoms with Crippen LogP contribution in [-0.2, 0) is 17.4 Å². The Morgan fingerprint density at radius 1 is 0.894 bits per heavy atom. The van der Waals surface area contributed by atoms with Crippen molar-refractivity contribution in [1.82, 2.24) is 4.57 Å². The van der Waals surface area contributed by atoms with Gasteiger partial charge in [0.1, 0.15) is 11.3 Å². The average molecular weight is 642 g/mol. The van der Waals surface area contributed by atoms with E-state index in [1.807, 2.05) is 12.1 Å². The molecule has 5 nitrogen and oxygen atoms in total. The molecule has 6 heteroatoms. The van der Waals surface area contributed by atoms with Crippen LogP contribution in [0.3, 0.4) is 0 Å². The van der Waals surface area contributed by atoms with Gasteiger partial charge in [-0.25, -0.2) is 0 Å². The lowest BCUT2D eigenvalue weighted by Gasteiger charge is -2.43. The van der Waals surface area contributed by atoms with Crippen molar-refractivity contribution in [3.63, 3.8) is 0 Å². The molecule has 0 saturated heterocycles. The first-order chi connectivity index (χ1) is 22.7. The van der Waals surface area contributed by atoms with E-state index in [1.54, 1.807) is 14.0 Å². The highest BCUT2D eigenvalue weighted by molar-refractivity contribution is 6.99. The molecule has 6 aromatic rings. The maximum Gasteiger partial charge on any atom is 0.261 e. The molecule has 0 amide bonds. The van der Waals surface area contributed by atoms with Gasteiger partial charge in [0, 0.05) is 35.2 Å². The van der Waals surface area contributed by atoms with Crippen LogP contribution < -0.4 is 15.1 Å². The van der Waals surface area contributed by atoms with Gasteiger partial charge in [0.25, 0.3) is 8.32 Å². The Kier molecular flexibility index (Phi) is 8.19. The third-order valence-electron chi connectivity index (χ3n) is 9.75. The zero-order chi connectivity index (χ0) is 32.8. The minimum Gasteiger partial charge on any atom is -0.496 e. The van der Waals surface area contributed by atoms with Gasteiger partial charge in [0.15, 0.2) is 11.5 Å². The van der Waals surface area contributed by atoms with Crippen molar-refractivity contribution < 1.29 is 18.4 Å². The van der Waals surface area contributed by atoms with Gasteiger partial charge in [-0.05, 0) is 71.8 Å². The van der Waals surface area contributed by atoms with Crippen LogP contribution >= 0.6 is 0 Å². The molecule has 240 valence electrons. The first-order valence-electron chi connectivity index (χ1n) is 16.7. The molecule has 2 aromatic heterocycles. The number of Topliss-reactive ketones (excluding diaryl/α,β-unsaturated/α-hetero) is 1. The van der Waals surface area contributed by atoms with Crippen LogP contribution in [-0.4, -0.2) is 32.4 Å². The average Bonchev–Trinajstić information content (AvgIpc) is 3.72. The van der Waals surface area contributed by atoms with Crippen LogP contribution in [0.4, 0.5) is 0 Å². The standard InChI is InChI=1S/C41H43NO4Si/c1-28(43)31-25-37(44-5)39-34(22-23-45-47(41(2,3)4,32-15-8-6-9-16-32)33-17-10-7-11-18-33)40(46-38(39)26-31)36-24-30-14-12-13-19-35(30)42(36)27-29-20-21-29/h6-19,24-26,29H,20-23,27H2,1-5H3. The van der Waals surface area contributed by atoms with Crippen LogP contribution in [0.5, 0.6) is 5.75 Å². The predicted molar refractivity (Wildman–Crippen MR) is 194 cm³/mol. The number of para-hydroxylation sites is 1. The summed E-state index contributed by atoms with van der Waals surface area (Å²) in [4.78, 5) is 12.5. The molecule has 1 aliphatic rings. The number of methoxy groups -OCH3 is 1. The van der Waals surface area contributed by atoms with E-state index >= 15 is 0 Å². The van der Waals surface area contributed by atoms with Crippen molar-refractivity contribution in [3.05, 3.63) is 114 Å². The number of hydrogen-bond acceptors (Lipinski definition) is 4. The van der Waals surface area contributed by atoms with Crippen LogP contribution in [0.25, 0.3) is 33.3 Å². The first kappa shape index (κ1) is 31.2. The van der Waals surface area contributed by atoms with E-state index in [1.165, 1.54) is 34.1 Å². The number of benzene rings is 4. The molecule has 0 radical (unpaired) electrons. The molecule has 0 atom stereocenters. The quantitative estimate of drug-likeness (QED) is 0.105. The Morgan fingerprint density at radius 2 is 1.53 bits per heavy atom. The summed E-state index contributed by atoms with van der Waals surface area (Å²) in [5.41, 5.74) is 4.54. The van der Waals surface area contributed by atoms with Crippen LogP contribution in [0.1, 0.15) is 56.5 Å². The SMILES string of the molecule is COc1cc(C(C)=O)cc2oc(-c3cc4ccccc4n3CC3CC3)c(CCO[Si](c3ccccc3)(c3ccccc3)C(C)(C)C)c12. The maximum atomic E-state index is 12.5. The molecule has 7 rings (SSSR count). The summed E-state index contributed by atoms with van der Waals surface area (Å²) in [5.74, 6) is 2.12. The van der Waals surface area contributed by atoms with Gasteiger partial charge in [0.05, 0.1) is 18.2 Å². The van der Waals surface area contributed by atoms with E-state index in [4.69, 9.17) is 13.6 Å². The van der Waals surface area contributed by atoms with Crippen molar-refractivity contribution in [1.29, 1.82) is 0 Å². The lowest BCUT2D eigenvalue weighted by Crippen LogP contribution is -2.66. The second kappa shape index (κ2) is 12.3. The molecule has 0 bridgehead atoms. The van der Waals surface area contributed by atoms with Crippen LogP contribution in [0.2, 0.25) is 5.04 Å². The van der Waals surface area contributed by atoms with E-state index in [2.05, 4.69) is 116 Å². The summed E-state index contributed by atoms with van der Waals surface area (Å²) >= 11 is 0. The zero-order valence-corrected chi connectivity index (χ0v) is 29.0. The number of hydrogen-bond donors (Lipinski definition) is 0. The van der Waals surface area contributed by atoms with Gasteiger partial charge in [0.2, 0.25) is 0 Å². The van der Waals surface area contributed by atoms with E-state index in [0.29, 0.717) is 35.8 Å². The number of ether oxygens (including phenoxy) is 1. The minimum atomic E-state index is -2.76. The van der Waals surface area contributed by atoms with E-state index < -0.39 is 8.32 Å². The number of ketones is 1. The number of carbonyl (C=O) groups excluding carboxylic acids is 1.